The van der Waals surface area contributed by atoms with Gasteiger partial charge in [-0.3, -0.25) is 5.41 Å². The molecule has 0 spiro atoms. The van der Waals surface area contributed by atoms with Crippen LogP contribution >= 0.6 is 0 Å². The van der Waals surface area contributed by atoms with E-state index in [1.54, 1.807) is 0 Å². The fraction of sp³-hybridized carbons (Fsp3) is 0.133. The van der Waals surface area contributed by atoms with Crippen LogP contribution in [0.2, 0.25) is 0 Å². The lowest BCUT2D eigenvalue weighted by Gasteiger charge is -2.23. The summed E-state index contributed by atoms with van der Waals surface area (Å²) >= 11 is 0. The zero-order chi connectivity index (χ0) is 13.1. The lowest BCUT2D eigenvalue weighted by atomic mass is 10.1. The fourth-order valence-corrected chi connectivity index (χ4v) is 2.06. The first-order valence-electron chi connectivity index (χ1n) is 5.84. The van der Waals surface area contributed by atoms with Crippen LogP contribution in [0.4, 0.5) is 11.4 Å². The zero-order valence-electron chi connectivity index (χ0n) is 10.6. The molecule has 0 saturated carbocycles. The Kier molecular flexibility index (Phi) is 3.33. The molecule has 0 aliphatic heterocycles. The molecular formula is C15H17N3. The maximum Gasteiger partial charge on any atom is 0.124 e. The van der Waals surface area contributed by atoms with Gasteiger partial charge in [0.2, 0.25) is 0 Å². The number of rotatable bonds is 3. The number of para-hydroxylation sites is 2. The van der Waals surface area contributed by atoms with E-state index in [2.05, 4.69) is 24.0 Å². The first kappa shape index (κ1) is 12.2. The summed E-state index contributed by atoms with van der Waals surface area (Å²) in [6.45, 7) is 2.07. The molecule has 2 aromatic rings. The molecule has 0 radical (unpaired) electrons. The number of nitrogens with one attached hydrogen (secondary N) is 1. The van der Waals surface area contributed by atoms with Crippen molar-refractivity contribution >= 4 is 17.2 Å². The molecule has 0 atom stereocenters. The number of anilines is 2. The molecule has 92 valence electrons. The van der Waals surface area contributed by atoms with E-state index in [9.17, 15) is 0 Å². The van der Waals surface area contributed by atoms with E-state index in [1.165, 1.54) is 5.56 Å². The van der Waals surface area contributed by atoms with Crippen molar-refractivity contribution in [1.82, 2.24) is 0 Å². The second kappa shape index (κ2) is 4.92. The molecule has 0 aromatic heterocycles. The van der Waals surface area contributed by atoms with Crippen LogP contribution in [0.15, 0.2) is 48.5 Å². The van der Waals surface area contributed by atoms with Gasteiger partial charge in [0.05, 0.1) is 5.69 Å². The minimum atomic E-state index is 0.0889. The van der Waals surface area contributed by atoms with Gasteiger partial charge in [-0.25, -0.2) is 0 Å². The molecule has 0 bridgehead atoms. The van der Waals surface area contributed by atoms with Crippen molar-refractivity contribution in [3.05, 3.63) is 59.7 Å². The predicted octanol–water partition coefficient (Wildman–Crippen LogP) is 3.05. The molecule has 3 heteroatoms. The third-order valence-corrected chi connectivity index (χ3v) is 3.03. The molecule has 0 aliphatic carbocycles. The summed E-state index contributed by atoms with van der Waals surface area (Å²) in [5.41, 5.74) is 9.63. The molecule has 2 aromatic carbocycles. The molecule has 0 aliphatic rings. The van der Waals surface area contributed by atoms with Crippen molar-refractivity contribution < 1.29 is 0 Å². The predicted molar refractivity (Wildman–Crippen MR) is 76.7 cm³/mol. The van der Waals surface area contributed by atoms with Crippen LogP contribution in [-0.2, 0) is 0 Å². The number of nitrogens with zero attached hydrogens (tertiary/aromatic N) is 1. The number of hydrogen-bond acceptors (Lipinski definition) is 2. The average Bonchev–Trinajstić information content (AvgIpc) is 2.38. The fourth-order valence-electron chi connectivity index (χ4n) is 2.06. The molecular weight excluding hydrogens is 222 g/mol. The highest BCUT2D eigenvalue weighted by atomic mass is 15.1. The Bertz CT molecular complexity index is 575. The Balaban J connectivity index is 2.50. The molecule has 0 heterocycles. The molecule has 3 N–H and O–H groups in total. The first-order chi connectivity index (χ1) is 8.61. The van der Waals surface area contributed by atoms with E-state index in [1.807, 2.05) is 43.4 Å². The minimum Gasteiger partial charge on any atom is -0.384 e. The number of benzene rings is 2. The number of nitrogens with two attached hydrogens (primary N) is 1. The second-order valence-corrected chi connectivity index (χ2v) is 4.28. The molecule has 18 heavy (non-hydrogen) atoms. The molecule has 3 nitrogen and oxygen atoms in total. The summed E-state index contributed by atoms with van der Waals surface area (Å²) in [5.74, 6) is 0.0889. The van der Waals surface area contributed by atoms with E-state index in [0.29, 0.717) is 0 Å². The highest BCUT2D eigenvalue weighted by Crippen LogP contribution is 2.28. The molecule has 0 fully saturated rings. The van der Waals surface area contributed by atoms with E-state index >= 15 is 0 Å². The van der Waals surface area contributed by atoms with Gasteiger partial charge in [0, 0.05) is 18.3 Å². The summed E-state index contributed by atoms with van der Waals surface area (Å²) in [7, 11) is 1.99. The van der Waals surface area contributed by atoms with E-state index in [0.717, 1.165) is 16.9 Å². The van der Waals surface area contributed by atoms with Crippen LogP contribution in [-0.4, -0.2) is 12.9 Å². The van der Waals surface area contributed by atoms with Gasteiger partial charge >= 0.3 is 0 Å². The van der Waals surface area contributed by atoms with Crippen molar-refractivity contribution in [2.45, 2.75) is 6.92 Å². The van der Waals surface area contributed by atoms with Crippen LogP contribution in [0, 0.1) is 12.3 Å². The van der Waals surface area contributed by atoms with E-state index in [-0.39, 0.29) is 5.84 Å². The quantitative estimate of drug-likeness (QED) is 0.639. The standard InChI is InChI=1S/C15H17N3/c1-11-7-3-5-9-13(11)18(2)14-10-6-4-8-12(14)15(16)17/h3-10H,1-2H3,(H3,16,17). The highest BCUT2D eigenvalue weighted by Gasteiger charge is 2.11. The minimum absolute atomic E-state index is 0.0889. The Morgan fingerprint density at radius 2 is 1.56 bits per heavy atom. The van der Waals surface area contributed by atoms with Gasteiger partial charge in [-0.15, -0.1) is 0 Å². The van der Waals surface area contributed by atoms with Gasteiger partial charge in [-0.1, -0.05) is 30.3 Å². The number of hydrogen-bond donors (Lipinski definition) is 2. The largest absolute Gasteiger partial charge is 0.384 e. The maximum absolute atomic E-state index is 7.64. The molecule has 0 saturated heterocycles. The Morgan fingerprint density at radius 3 is 2.17 bits per heavy atom. The van der Waals surface area contributed by atoms with Crippen LogP contribution in [0.1, 0.15) is 11.1 Å². The van der Waals surface area contributed by atoms with Gasteiger partial charge in [0.1, 0.15) is 5.84 Å². The zero-order valence-corrected chi connectivity index (χ0v) is 10.6. The molecule has 0 amide bonds. The highest BCUT2D eigenvalue weighted by molar-refractivity contribution is 6.01. The van der Waals surface area contributed by atoms with Gasteiger partial charge in [-0.2, -0.15) is 0 Å². The molecule has 0 unspecified atom stereocenters. The summed E-state index contributed by atoms with van der Waals surface area (Å²) < 4.78 is 0. The number of aryl methyl sites for hydroxylation is 1. The van der Waals surface area contributed by atoms with Gasteiger partial charge in [0.25, 0.3) is 0 Å². The lowest BCUT2D eigenvalue weighted by Crippen LogP contribution is -2.18. The van der Waals surface area contributed by atoms with Crippen LogP contribution in [0.3, 0.4) is 0 Å². The Morgan fingerprint density at radius 1 is 1.00 bits per heavy atom. The Hall–Kier alpha value is -2.29. The van der Waals surface area contributed by atoms with E-state index < -0.39 is 0 Å². The van der Waals surface area contributed by atoms with Crippen LogP contribution in [0.25, 0.3) is 0 Å². The first-order valence-corrected chi connectivity index (χ1v) is 5.84. The van der Waals surface area contributed by atoms with E-state index in [4.69, 9.17) is 11.1 Å². The molecule has 2 rings (SSSR count). The van der Waals surface area contributed by atoms with Gasteiger partial charge < -0.3 is 10.6 Å². The van der Waals surface area contributed by atoms with Gasteiger partial charge in [-0.05, 0) is 30.7 Å². The summed E-state index contributed by atoms with van der Waals surface area (Å²) in [6.07, 6.45) is 0. The normalized spacial score (nSPS) is 10.1. The summed E-state index contributed by atoms with van der Waals surface area (Å²) in [5, 5.41) is 7.64. The topological polar surface area (TPSA) is 53.1 Å². The van der Waals surface area contributed by atoms with Crippen LogP contribution in [0.5, 0.6) is 0 Å². The monoisotopic (exact) mass is 239 g/mol. The average molecular weight is 239 g/mol. The van der Waals surface area contributed by atoms with Crippen molar-refractivity contribution in [3.8, 4) is 0 Å². The SMILES string of the molecule is Cc1ccccc1N(C)c1ccccc1C(=N)N. The van der Waals surface area contributed by atoms with Crippen molar-refractivity contribution in [2.75, 3.05) is 11.9 Å². The lowest BCUT2D eigenvalue weighted by molar-refractivity contribution is 1.18. The van der Waals surface area contributed by atoms with Crippen LogP contribution < -0.4 is 10.6 Å². The smallest absolute Gasteiger partial charge is 0.124 e. The van der Waals surface area contributed by atoms with Crippen molar-refractivity contribution in [2.24, 2.45) is 5.73 Å². The number of nitrogen functional groups attached to an aromatic ring is 1. The summed E-state index contributed by atoms with van der Waals surface area (Å²) in [4.78, 5) is 2.06. The number of amidine groups is 1. The third kappa shape index (κ3) is 2.20. The second-order valence-electron chi connectivity index (χ2n) is 4.28. The van der Waals surface area contributed by atoms with Gasteiger partial charge in [0.15, 0.2) is 0 Å². The third-order valence-electron chi connectivity index (χ3n) is 3.03. The van der Waals surface area contributed by atoms with Crippen molar-refractivity contribution in [1.29, 1.82) is 5.41 Å². The van der Waals surface area contributed by atoms with Crippen molar-refractivity contribution in [3.63, 3.8) is 0 Å². The maximum atomic E-state index is 7.64. The Labute approximate surface area is 107 Å². The summed E-state index contributed by atoms with van der Waals surface area (Å²) in [6, 6.07) is 15.9.